The van der Waals surface area contributed by atoms with Crippen LogP contribution >= 0.6 is 15.6 Å². The molecule has 3 N–H and O–H groups in total. The molecule has 0 heterocycles. The van der Waals surface area contributed by atoms with E-state index in [1.807, 2.05) is 0 Å². The number of hydrogen-bond donors (Lipinski definition) is 3. The summed E-state index contributed by atoms with van der Waals surface area (Å²) >= 11 is 0. The first-order chi connectivity index (χ1) is 49.7. The first kappa shape index (κ1) is 97.2. The summed E-state index contributed by atoms with van der Waals surface area (Å²) in [5, 5.41) is 10.6. The molecule has 5 unspecified atom stereocenters. The van der Waals surface area contributed by atoms with Crippen LogP contribution < -0.4 is 0 Å². The Morgan fingerprint density at radius 1 is 0.284 bits per heavy atom. The number of carbonyl (C=O) groups excluding carboxylic acids is 4. The Morgan fingerprint density at radius 3 is 0.833 bits per heavy atom. The van der Waals surface area contributed by atoms with Gasteiger partial charge in [0.05, 0.1) is 26.4 Å². The van der Waals surface area contributed by atoms with Crippen molar-refractivity contribution in [2.45, 2.75) is 329 Å². The van der Waals surface area contributed by atoms with E-state index in [-0.39, 0.29) is 25.7 Å². The number of unbranched alkanes of at least 4 members (excludes halogenated alkanes) is 25. The summed E-state index contributed by atoms with van der Waals surface area (Å²) in [6.07, 6.45) is 82.9. The summed E-state index contributed by atoms with van der Waals surface area (Å²) in [6.45, 7) is 4.50. The predicted octanol–water partition coefficient (Wildman–Crippen LogP) is 22.9. The second-order valence-electron chi connectivity index (χ2n) is 25.9. The Bertz CT molecular complexity index is 2460. The topological polar surface area (TPSA) is 237 Å². The number of aliphatic hydroxyl groups is 1. The van der Waals surface area contributed by atoms with Crippen LogP contribution in [-0.2, 0) is 65.4 Å². The second kappa shape index (κ2) is 74.5. The maximum Gasteiger partial charge on any atom is 0.472 e. The molecule has 0 fully saturated rings. The summed E-state index contributed by atoms with van der Waals surface area (Å²) < 4.78 is 68.5. The van der Waals surface area contributed by atoms with Crippen molar-refractivity contribution in [1.82, 2.24) is 0 Å². The van der Waals surface area contributed by atoms with Gasteiger partial charge in [-0.1, -0.05) is 264 Å². The molecule has 0 aromatic carbocycles. The third kappa shape index (κ3) is 73.5. The van der Waals surface area contributed by atoms with Gasteiger partial charge in [0.15, 0.2) is 12.2 Å². The van der Waals surface area contributed by atoms with E-state index in [9.17, 15) is 43.2 Å². The number of allylic oxidation sites excluding steroid dienone is 22. The van der Waals surface area contributed by atoms with Gasteiger partial charge in [-0.2, -0.15) is 0 Å². The smallest absolute Gasteiger partial charge is 0.462 e. The molecule has 0 aromatic rings. The van der Waals surface area contributed by atoms with E-state index in [0.29, 0.717) is 25.7 Å². The van der Waals surface area contributed by atoms with Crippen molar-refractivity contribution >= 4 is 39.5 Å². The van der Waals surface area contributed by atoms with E-state index in [1.54, 1.807) is 0 Å². The van der Waals surface area contributed by atoms with E-state index < -0.39 is 97.5 Å². The van der Waals surface area contributed by atoms with Gasteiger partial charge in [-0.3, -0.25) is 37.3 Å². The minimum Gasteiger partial charge on any atom is -0.462 e. The molecule has 584 valence electrons. The molecule has 17 nitrogen and oxygen atoms in total. The first-order valence-corrected chi connectivity index (χ1v) is 42.4. The lowest BCUT2D eigenvalue weighted by molar-refractivity contribution is -0.161. The highest BCUT2D eigenvalue weighted by atomic mass is 31.2. The number of aliphatic hydroxyl groups excluding tert-OH is 1. The molecule has 0 spiro atoms. The first-order valence-electron chi connectivity index (χ1n) is 39.4. The molecule has 102 heavy (non-hydrogen) atoms. The molecular formula is C83H140O17P2. The predicted molar refractivity (Wildman–Crippen MR) is 418 cm³/mol. The van der Waals surface area contributed by atoms with Gasteiger partial charge in [0.1, 0.15) is 19.3 Å². The zero-order chi connectivity index (χ0) is 74.6. The quantitative estimate of drug-likeness (QED) is 0.0169. The van der Waals surface area contributed by atoms with Gasteiger partial charge >= 0.3 is 39.5 Å². The van der Waals surface area contributed by atoms with Gasteiger partial charge < -0.3 is 33.8 Å². The van der Waals surface area contributed by atoms with Crippen LogP contribution in [0.15, 0.2) is 134 Å². The van der Waals surface area contributed by atoms with Crippen molar-refractivity contribution in [3.8, 4) is 0 Å². The summed E-state index contributed by atoms with van der Waals surface area (Å²) in [4.78, 5) is 73.0. The SMILES string of the molecule is CC/C=C\C/C=C\C/C=C\C/C=C\CCCCCCC(=O)OCC(COP(=O)(O)OCC(O)COP(=O)(O)OCC(COC(=O)CCCCCC/C=C\C/C=C\C/C=C\C/C=C\CC)OC(=O)CCCCCCC/C=C\CCCCCCCC)OC(=O)CCCCCCC/C=C\C/C=C\CCC. The molecule has 0 saturated carbocycles. The standard InChI is InChI=1S/C83H140O17P2/c1-5-9-13-17-21-25-29-33-36-38-41-44-47-51-55-59-63-67-80(85)93-73-78(99-82(87)69-65-61-57-53-49-43-32-28-24-20-16-12-8-4)75-97-101(89,90)95-71-77(84)72-96-102(91,92)98-76-79(100-83(88)70-66-62-58-54-50-46-40-35-31-27-23-19-15-11-7-3)74-94-81(86)68-64-60-56-52-48-45-42-39-37-34-30-26-22-18-14-10-6-2/h9-10,13-14,16,20-22,25-26,28,32-37,40-42,44-45,77-79,84H,5-8,11-12,15,17-19,23-24,27,29-31,38-39,43,46-76H2,1-4H3,(H,89,90)(H,91,92)/b13-9-,14-10-,20-16-,25-21-,26-22-,32-28-,36-33-,37-34-,40-35-,44-41-,45-42-. The molecule has 0 rings (SSSR count). The van der Waals surface area contributed by atoms with E-state index in [4.69, 9.17) is 37.0 Å². The van der Waals surface area contributed by atoms with Gasteiger partial charge in [-0.15, -0.1) is 0 Å². The summed E-state index contributed by atoms with van der Waals surface area (Å²) in [7, 11) is -9.98. The Labute approximate surface area is 618 Å². The fraction of sp³-hybridized carbons (Fsp3) is 0.687. The van der Waals surface area contributed by atoms with Crippen molar-refractivity contribution in [2.75, 3.05) is 39.6 Å². The molecule has 5 atom stereocenters. The lowest BCUT2D eigenvalue weighted by Gasteiger charge is -2.21. The molecule has 0 saturated heterocycles. The minimum atomic E-state index is -4.99. The number of phosphoric ester groups is 2. The van der Waals surface area contributed by atoms with Crippen LogP contribution in [0.25, 0.3) is 0 Å². The molecule has 0 aliphatic carbocycles. The van der Waals surface area contributed by atoms with Crippen LogP contribution in [-0.4, -0.2) is 96.7 Å². The van der Waals surface area contributed by atoms with Crippen molar-refractivity contribution in [2.24, 2.45) is 0 Å². The third-order valence-electron chi connectivity index (χ3n) is 16.1. The highest BCUT2D eigenvalue weighted by molar-refractivity contribution is 7.47. The second-order valence-corrected chi connectivity index (χ2v) is 28.8. The van der Waals surface area contributed by atoms with E-state index in [2.05, 4.69) is 161 Å². The number of esters is 4. The van der Waals surface area contributed by atoms with Crippen LogP contribution in [0.2, 0.25) is 0 Å². The average molecular weight is 1470 g/mol. The number of ether oxygens (including phenoxy) is 4. The summed E-state index contributed by atoms with van der Waals surface area (Å²) in [5.41, 5.74) is 0. The van der Waals surface area contributed by atoms with Crippen molar-refractivity contribution < 1.29 is 80.2 Å². The average Bonchev–Trinajstić information content (AvgIpc) is 0.908. The molecule has 0 radical (unpaired) electrons. The summed E-state index contributed by atoms with van der Waals surface area (Å²) in [5.74, 6) is -2.25. The number of carbonyl (C=O) groups is 4. The van der Waals surface area contributed by atoms with Crippen molar-refractivity contribution in [1.29, 1.82) is 0 Å². The zero-order valence-electron chi connectivity index (χ0n) is 63.7. The number of hydrogen-bond acceptors (Lipinski definition) is 15. The Hall–Kier alpha value is -4.80. The van der Waals surface area contributed by atoms with E-state index in [1.165, 1.54) is 38.5 Å². The molecule has 0 aliphatic rings. The molecule has 0 bridgehead atoms. The maximum absolute atomic E-state index is 13.1. The van der Waals surface area contributed by atoms with Gasteiger partial charge in [-0.05, 0) is 154 Å². The van der Waals surface area contributed by atoms with Crippen molar-refractivity contribution in [3.63, 3.8) is 0 Å². The number of rotatable bonds is 73. The molecule has 0 aromatic heterocycles. The monoisotopic (exact) mass is 1470 g/mol. The maximum atomic E-state index is 13.1. The lowest BCUT2D eigenvalue weighted by atomic mass is 10.1. The lowest BCUT2D eigenvalue weighted by Crippen LogP contribution is -2.30. The molecular weight excluding hydrogens is 1330 g/mol. The largest absolute Gasteiger partial charge is 0.472 e. The Morgan fingerprint density at radius 2 is 0.529 bits per heavy atom. The van der Waals surface area contributed by atoms with E-state index in [0.717, 1.165) is 193 Å². The highest BCUT2D eigenvalue weighted by Gasteiger charge is 2.30. The van der Waals surface area contributed by atoms with Crippen LogP contribution in [0.1, 0.15) is 310 Å². The summed E-state index contributed by atoms with van der Waals surface area (Å²) in [6, 6.07) is 0. The fourth-order valence-corrected chi connectivity index (χ4v) is 11.7. The Kier molecular flexibility index (Phi) is 71.0. The molecule has 0 amide bonds. The van der Waals surface area contributed by atoms with Gasteiger partial charge in [0.2, 0.25) is 0 Å². The van der Waals surface area contributed by atoms with Crippen LogP contribution in [0.4, 0.5) is 0 Å². The fourth-order valence-electron chi connectivity index (χ4n) is 10.1. The van der Waals surface area contributed by atoms with Crippen LogP contribution in [0.3, 0.4) is 0 Å². The highest BCUT2D eigenvalue weighted by Crippen LogP contribution is 2.45. The van der Waals surface area contributed by atoms with Crippen LogP contribution in [0.5, 0.6) is 0 Å². The number of phosphoric acid groups is 2. The van der Waals surface area contributed by atoms with Crippen LogP contribution in [0, 0.1) is 0 Å². The normalized spacial score (nSPS) is 14.6. The third-order valence-corrected chi connectivity index (χ3v) is 18.0. The van der Waals surface area contributed by atoms with E-state index >= 15 is 0 Å². The van der Waals surface area contributed by atoms with Crippen molar-refractivity contribution in [3.05, 3.63) is 134 Å². The van der Waals surface area contributed by atoms with Gasteiger partial charge in [0, 0.05) is 25.7 Å². The molecule has 0 aliphatic heterocycles. The molecule has 19 heteroatoms. The van der Waals surface area contributed by atoms with Gasteiger partial charge in [-0.25, -0.2) is 9.13 Å². The van der Waals surface area contributed by atoms with Gasteiger partial charge in [0.25, 0.3) is 0 Å². The zero-order valence-corrected chi connectivity index (χ0v) is 65.5. The minimum absolute atomic E-state index is 0.0694. The Balaban J connectivity index is 5.41.